The second-order valence-corrected chi connectivity index (χ2v) is 5.67. The normalized spacial score (nSPS) is 12.4. The minimum Gasteiger partial charge on any atom is -0.398 e. The van der Waals surface area contributed by atoms with E-state index in [1.807, 2.05) is 18.2 Å². The van der Waals surface area contributed by atoms with Gasteiger partial charge in [-0.1, -0.05) is 41.9 Å². The minimum absolute atomic E-state index is 0.375. The Labute approximate surface area is 111 Å². The Morgan fingerprint density at radius 2 is 1.82 bits per heavy atom. The molecular weight excluding hydrogens is 250 g/mol. The molecular formula is C14H14ClNS. The van der Waals surface area contributed by atoms with Gasteiger partial charge in [0.2, 0.25) is 0 Å². The van der Waals surface area contributed by atoms with Crippen LogP contribution in [0.5, 0.6) is 0 Å². The van der Waals surface area contributed by atoms with E-state index < -0.39 is 0 Å². The molecule has 0 fully saturated rings. The molecule has 1 atom stereocenters. The summed E-state index contributed by atoms with van der Waals surface area (Å²) in [5.41, 5.74) is 7.98. The van der Waals surface area contributed by atoms with Crippen molar-refractivity contribution in [2.45, 2.75) is 17.1 Å². The van der Waals surface area contributed by atoms with E-state index in [4.69, 9.17) is 17.3 Å². The molecule has 0 heterocycles. The molecule has 0 spiro atoms. The van der Waals surface area contributed by atoms with Crippen molar-refractivity contribution in [2.75, 3.05) is 5.73 Å². The average Bonchev–Trinajstić information content (AvgIpc) is 2.34. The van der Waals surface area contributed by atoms with Gasteiger partial charge in [0.25, 0.3) is 0 Å². The summed E-state index contributed by atoms with van der Waals surface area (Å²) >= 11 is 7.63. The van der Waals surface area contributed by atoms with Crippen LogP contribution in [-0.4, -0.2) is 0 Å². The fourth-order valence-corrected chi connectivity index (χ4v) is 2.81. The van der Waals surface area contributed by atoms with Crippen LogP contribution in [0.2, 0.25) is 5.02 Å². The third-order valence-electron chi connectivity index (χ3n) is 2.54. The van der Waals surface area contributed by atoms with Gasteiger partial charge in [-0.25, -0.2) is 0 Å². The molecule has 0 radical (unpaired) electrons. The van der Waals surface area contributed by atoms with E-state index in [9.17, 15) is 0 Å². The number of anilines is 1. The Balaban J connectivity index is 2.16. The van der Waals surface area contributed by atoms with Gasteiger partial charge in [-0.05, 0) is 30.7 Å². The highest BCUT2D eigenvalue weighted by Gasteiger charge is 2.09. The van der Waals surface area contributed by atoms with Crippen molar-refractivity contribution in [3.8, 4) is 0 Å². The van der Waals surface area contributed by atoms with E-state index in [2.05, 4.69) is 31.2 Å². The number of hydrogen-bond acceptors (Lipinski definition) is 2. The van der Waals surface area contributed by atoms with Crippen LogP contribution in [0, 0.1) is 0 Å². The predicted octanol–water partition coefficient (Wildman–Crippen LogP) is 4.78. The highest BCUT2D eigenvalue weighted by atomic mass is 35.5. The summed E-state index contributed by atoms with van der Waals surface area (Å²) in [6.45, 7) is 2.17. The lowest BCUT2D eigenvalue weighted by molar-refractivity contribution is 1.10. The first-order chi connectivity index (χ1) is 8.16. The van der Waals surface area contributed by atoms with E-state index in [1.165, 1.54) is 5.56 Å². The Bertz CT molecular complexity index is 499. The van der Waals surface area contributed by atoms with Crippen molar-refractivity contribution in [1.29, 1.82) is 0 Å². The number of nitrogens with two attached hydrogens (primary N) is 1. The molecule has 0 amide bonds. The van der Waals surface area contributed by atoms with Crippen molar-refractivity contribution in [2.24, 2.45) is 0 Å². The summed E-state index contributed by atoms with van der Waals surface area (Å²) in [6.07, 6.45) is 0. The van der Waals surface area contributed by atoms with Crippen molar-refractivity contribution < 1.29 is 0 Å². The summed E-state index contributed by atoms with van der Waals surface area (Å²) in [5, 5.41) is 1.05. The Hall–Kier alpha value is -1.12. The van der Waals surface area contributed by atoms with Crippen molar-refractivity contribution in [3.05, 3.63) is 59.1 Å². The molecule has 88 valence electrons. The Morgan fingerprint density at radius 3 is 2.47 bits per heavy atom. The van der Waals surface area contributed by atoms with Gasteiger partial charge in [0.1, 0.15) is 0 Å². The van der Waals surface area contributed by atoms with Gasteiger partial charge in [-0.3, -0.25) is 0 Å². The summed E-state index contributed by atoms with van der Waals surface area (Å²) in [5.74, 6) is 0. The highest BCUT2D eigenvalue weighted by Crippen LogP contribution is 2.38. The maximum Gasteiger partial charge on any atom is 0.0467 e. The third kappa shape index (κ3) is 3.18. The largest absolute Gasteiger partial charge is 0.398 e. The van der Waals surface area contributed by atoms with Gasteiger partial charge in [0.15, 0.2) is 0 Å². The van der Waals surface area contributed by atoms with Crippen LogP contribution >= 0.6 is 23.4 Å². The molecule has 0 aliphatic rings. The summed E-state index contributed by atoms with van der Waals surface area (Å²) in [4.78, 5) is 1.07. The number of benzene rings is 2. The number of halogens is 1. The smallest absolute Gasteiger partial charge is 0.0467 e. The number of hydrogen-bond donors (Lipinski definition) is 1. The molecule has 17 heavy (non-hydrogen) atoms. The second-order valence-electron chi connectivity index (χ2n) is 3.85. The molecule has 2 N–H and O–H groups in total. The zero-order chi connectivity index (χ0) is 12.3. The van der Waals surface area contributed by atoms with Crippen LogP contribution in [0.3, 0.4) is 0 Å². The Kier molecular flexibility index (Phi) is 3.97. The molecule has 1 nitrogen and oxygen atoms in total. The molecule has 0 saturated heterocycles. The van der Waals surface area contributed by atoms with Crippen LogP contribution in [0.25, 0.3) is 0 Å². The molecule has 3 heteroatoms. The van der Waals surface area contributed by atoms with Crippen LogP contribution in [0.1, 0.15) is 17.7 Å². The van der Waals surface area contributed by atoms with E-state index in [0.29, 0.717) is 10.3 Å². The number of nitrogen functional groups attached to an aromatic ring is 1. The van der Waals surface area contributed by atoms with Crippen molar-refractivity contribution in [1.82, 2.24) is 0 Å². The van der Waals surface area contributed by atoms with Crippen LogP contribution in [0.4, 0.5) is 5.69 Å². The van der Waals surface area contributed by atoms with Crippen molar-refractivity contribution >= 4 is 29.1 Å². The van der Waals surface area contributed by atoms with Crippen LogP contribution in [-0.2, 0) is 0 Å². The second kappa shape index (κ2) is 5.48. The molecule has 0 saturated carbocycles. The molecule has 0 aromatic heterocycles. The lowest BCUT2D eigenvalue weighted by atomic mass is 10.2. The zero-order valence-electron chi connectivity index (χ0n) is 9.56. The highest BCUT2D eigenvalue weighted by molar-refractivity contribution is 7.99. The average molecular weight is 264 g/mol. The lowest BCUT2D eigenvalue weighted by Crippen LogP contribution is -1.92. The standard InChI is InChI=1S/C14H14ClNS/c1-10(11-5-3-2-4-6-11)17-14-8-7-12(15)9-13(14)16/h2-10H,16H2,1H3. The quantitative estimate of drug-likeness (QED) is 0.637. The van der Waals surface area contributed by atoms with Crippen molar-refractivity contribution in [3.63, 3.8) is 0 Å². The summed E-state index contributed by atoms with van der Waals surface area (Å²) < 4.78 is 0. The predicted molar refractivity (Wildman–Crippen MR) is 76.6 cm³/mol. The van der Waals surface area contributed by atoms with Gasteiger partial charge >= 0.3 is 0 Å². The van der Waals surface area contributed by atoms with E-state index in [1.54, 1.807) is 17.8 Å². The minimum atomic E-state index is 0.375. The maximum atomic E-state index is 5.94. The summed E-state index contributed by atoms with van der Waals surface area (Å²) in [6, 6.07) is 16.0. The van der Waals surface area contributed by atoms with Crippen LogP contribution < -0.4 is 5.73 Å². The first kappa shape index (κ1) is 12.3. The topological polar surface area (TPSA) is 26.0 Å². The monoisotopic (exact) mass is 263 g/mol. The fourth-order valence-electron chi connectivity index (χ4n) is 1.61. The molecule has 0 aliphatic heterocycles. The summed E-state index contributed by atoms with van der Waals surface area (Å²) in [7, 11) is 0. The number of rotatable bonds is 3. The van der Waals surface area contributed by atoms with Gasteiger partial charge < -0.3 is 5.73 Å². The Morgan fingerprint density at radius 1 is 1.12 bits per heavy atom. The molecule has 2 aromatic rings. The molecule has 2 aromatic carbocycles. The maximum absolute atomic E-state index is 5.94. The zero-order valence-corrected chi connectivity index (χ0v) is 11.1. The van der Waals surface area contributed by atoms with Gasteiger partial charge in [-0.2, -0.15) is 0 Å². The number of thioether (sulfide) groups is 1. The fraction of sp³-hybridized carbons (Fsp3) is 0.143. The first-order valence-electron chi connectivity index (χ1n) is 5.43. The van der Waals surface area contributed by atoms with E-state index in [-0.39, 0.29) is 0 Å². The lowest BCUT2D eigenvalue weighted by Gasteiger charge is -2.13. The van der Waals surface area contributed by atoms with Gasteiger partial charge in [0.05, 0.1) is 0 Å². The molecule has 2 rings (SSSR count). The molecule has 0 bridgehead atoms. The van der Waals surface area contributed by atoms with Crippen LogP contribution in [0.15, 0.2) is 53.4 Å². The van der Waals surface area contributed by atoms with E-state index in [0.717, 1.165) is 10.6 Å². The van der Waals surface area contributed by atoms with Gasteiger partial charge in [0, 0.05) is 20.9 Å². The van der Waals surface area contributed by atoms with E-state index >= 15 is 0 Å². The first-order valence-corrected chi connectivity index (χ1v) is 6.69. The van der Waals surface area contributed by atoms with Gasteiger partial charge in [-0.15, -0.1) is 11.8 Å². The molecule has 0 aliphatic carbocycles. The molecule has 1 unspecified atom stereocenters. The third-order valence-corrected chi connectivity index (χ3v) is 4.03. The SMILES string of the molecule is CC(Sc1ccc(Cl)cc1N)c1ccccc1.